The Bertz CT molecular complexity index is 923. The predicted octanol–water partition coefficient (Wildman–Crippen LogP) is -3.79. The number of hydrogen-bond acceptors (Lipinski definition) is 13. The van der Waals surface area contributed by atoms with Gasteiger partial charge in [-0.05, 0) is 0 Å². The number of aliphatic hydroxyl groups is 4. The third-order valence-corrected chi connectivity index (χ3v) is 6.98. The maximum atomic E-state index is 11.6. The smallest absolute Gasteiger partial charge is 0.387 e. The third kappa shape index (κ3) is 8.51. The molecule has 2 aliphatic heterocycles. The molecule has 200 valence electrons. The van der Waals surface area contributed by atoms with Crippen LogP contribution in [0.15, 0.2) is 23.9 Å². The van der Waals surface area contributed by atoms with Crippen molar-refractivity contribution in [3.8, 4) is 0 Å². The number of aliphatic hydroxyl groups excluding tert-OH is 4. The molecule has 2 aliphatic rings. The molecule has 0 saturated carbocycles. The van der Waals surface area contributed by atoms with E-state index in [9.17, 15) is 44.0 Å². The Morgan fingerprint density at radius 2 is 1.91 bits per heavy atom. The molecule has 9 N–H and O–H groups in total. The molecule has 0 aromatic heterocycles. The first-order valence-electron chi connectivity index (χ1n) is 9.78. The van der Waals surface area contributed by atoms with Gasteiger partial charge in [0.25, 0.3) is 0 Å². The molecule has 1 unspecified atom stereocenters. The Kier molecular flexibility index (Phi) is 10.3. The zero-order chi connectivity index (χ0) is 26.6. The number of carbonyl (C=O) groups excluding carboxylic acids is 2. The van der Waals surface area contributed by atoms with Crippen molar-refractivity contribution in [1.29, 1.82) is 0 Å². The number of hydrogen-bond donors (Lipinski definition) is 8. The van der Waals surface area contributed by atoms with E-state index in [1.165, 1.54) is 17.2 Å². The van der Waals surface area contributed by atoms with Crippen molar-refractivity contribution < 1.29 is 72.1 Å². The van der Waals surface area contributed by atoms with Gasteiger partial charge in [0.15, 0.2) is 12.5 Å². The Hall–Kier alpha value is -1.56. The lowest BCUT2D eigenvalue weighted by molar-refractivity contribution is -0.146. The van der Waals surface area contributed by atoms with Crippen molar-refractivity contribution in [3.05, 3.63) is 23.9 Å². The molecule has 1 saturated heterocycles. The van der Waals surface area contributed by atoms with Gasteiger partial charge in [0, 0.05) is 12.7 Å². The molecule has 2 heterocycles. The summed E-state index contributed by atoms with van der Waals surface area (Å²) in [6, 6.07) is 0. The first kappa shape index (κ1) is 29.7. The fourth-order valence-corrected chi connectivity index (χ4v) is 4.73. The van der Waals surface area contributed by atoms with Crippen molar-refractivity contribution in [2.45, 2.75) is 42.9 Å². The molecular formula is C16H26N2O15P2. The summed E-state index contributed by atoms with van der Waals surface area (Å²) >= 11 is 0. The van der Waals surface area contributed by atoms with Gasteiger partial charge >= 0.3 is 15.6 Å². The average molecular weight is 548 g/mol. The first-order chi connectivity index (χ1) is 16.1. The summed E-state index contributed by atoms with van der Waals surface area (Å²) in [4.78, 5) is 50.2. The van der Waals surface area contributed by atoms with Crippen LogP contribution in [0, 0.1) is 0 Å². The van der Waals surface area contributed by atoms with Crippen molar-refractivity contribution in [3.63, 3.8) is 0 Å². The zero-order valence-electron chi connectivity index (χ0n) is 17.8. The number of carbonyl (C=O) groups is 2. The second-order valence-electron chi connectivity index (χ2n) is 7.42. The fourth-order valence-electron chi connectivity index (χ4n) is 3.13. The number of amides is 1. The van der Waals surface area contributed by atoms with Crippen LogP contribution in [0.4, 0.5) is 0 Å². The summed E-state index contributed by atoms with van der Waals surface area (Å²) in [7, 11) is -10.8. The topological polar surface area (TPSA) is 276 Å². The molecule has 8 atom stereocenters. The summed E-state index contributed by atoms with van der Waals surface area (Å²) in [5.74, 6) is -0.742. The molecule has 17 nitrogen and oxygen atoms in total. The number of rotatable bonds is 13. The van der Waals surface area contributed by atoms with E-state index in [2.05, 4.69) is 8.83 Å². The lowest BCUT2D eigenvalue weighted by Gasteiger charge is -2.30. The predicted molar refractivity (Wildman–Crippen MR) is 111 cm³/mol. The van der Waals surface area contributed by atoms with Gasteiger partial charge in [-0.25, -0.2) is 9.13 Å². The van der Waals surface area contributed by atoms with Crippen LogP contribution in [0.3, 0.4) is 0 Å². The second-order valence-corrected chi connectivity index (χ2v) is 10.2. The monoisotopic (exact) mass is 548 g/mol. The number of nitrogens with zero attached hydrogens (tertiary/aromatic N) is 1. The highest BCUT2D eigenvalue weighted by Crippen LogP contribution is 2.57. The number of phosphoric acid groups is 2. The van der Waals surface area contributed by atoms with Crippen LogP contribution in [0.25, 0.3) is 0 Å². The fraction of sp³-hybridized carbons (Fsp3) is 0.625. The van der Waals surface area contributed by atoms with Crippen LogP contribution in [0.2, 0.25) is 0 Å². The largest absolute Gasteiger partial charge is 0.481 e. The minimum absolute atomic E-state index is 0.0844. The highest BCUT2D eigenvalue weighted by atomic mass is 31.3. The maximum Gasteiger partial charge on any atom is 0.481 e. The van der Waals surface area contributed by atoms with Gasteiger partial charge in [0.1, 0.15) is 36.6 Å². The molecule has 2 rings (SSSR count). The number of primary amides is 1. The highest BCUT2D eigenvalue weighted by Gasteiger charge is 2.46. The molecular weight excluding hydrogens is 522 g/mol. The van der Waals surface area contributed by atoms with Crippen LogP contribution >= 0.6 is 15.6 Å². The van der Waals surface area contributed by atoms with E-state index < -0.39 is 77.6 Å². The molecule has 1 fully saturated rings. The van der Waals surface area contributed by atoms with Crippen LogP contribution in [-0.2, 0) is 37.0 Å². The average Bonchev–Trinajstić information content (AvgIpc) is 3.05. The molecule has 0 spiro atoms. The minimum atomic E-state index is -5.45. The van der Waals surface area contributed by atoms with E-state index >= 15 is 0 Å². The molecule has 0 aromatic carbocycles. The summed E-state index contributed by atoms with van der Waals surface area (Å²) in [6.07, 6.45) is -7.16. The molecule has 0 bridgehead atoms. The van der Waals surface area contributed by atoms with Crippen molar-refractivity contribution in [2.75, 3.05) is 19.8 Å². The summed E-state index contributed by atoms with van der Waals surface area (Å²) in [5, 5.41) is 40.3. The highest BCUT2D eigenvalue weighted by molar-refractivity contribution is 7.60. The molecule has 0 aliphatic carbocycles. The van der Waals surface area contributed by atoms with Crippen LogP contribution < -0.4 is 5.73 Å². The number of ether oxygens (including phenoxy) is 2. The standard InChI is InChI=1S/C16H26N2O15P2/c17-15(24)8-2-1-3-18(4-8)16-14(23)13(22)11(32-16)6-30-10(12(21)9(20)5-19)7-31-35(28,29)33-34(25,26)27/h1-2,4-5,9-14,16,20-23H,3,6-7H2,(H2,17,24)(H,28,29)(H2,25,26,27)/t9-,10+,11+,12+,13-,14+,16+/m0/s1. The van der Waals surface area contributed by atoms with Crippen molar-refractivity contribution >= 4 is 27.8 Å². The lowest BCUT2D eigenvalue weighted by atomic mass is 10.1. The molecule has 0 radical (unpaired) electrons. The van der Waals surface area contributed by atoms with Crippen LogP contribution in [0.1, 0.15) is 0 Å². The van der Waals surface area contributed by atoms with E-state index in [1.807, 2.05) is 0 Å². The molecule has 0 aromatic rings. The van der Waals surface area contributed by atoms with E-state index in [0.29, 0.717) is 0 Å². The van der Waals surface area contributed by atoms with E-state index in [-0.39, 0.29) is 18.4 Å². The normalized spacial score (nSPS) is 29.2. The Balaban J connectivity index is 2.07. The SMILES string of the molecule is NC(=O)C1=CN([C@@H]2O[C@H](CO[C@H](COP(=O)(O)OP(=O)(O)O)[C@H](O)[C@@H](O)C=O)[C@H](O)[C@H]2O)CC=C1. The van der Waals surface area contributed by atoms with Gasteiger partial charge in [-0.15, -0.1) is 0 Å². The molecule has 35 heavy (non-hydrogen) atoms. The van der Waals surface area contributed by atoms with Crippen LogP contribution in [-0.4, -0.2) is 115 Å². The summed E-state index contributed by atoms with van der Waals surface area (Å²) < 4.78 is 41.2. The number of aldehydes is 1. The number of phosphoric ester groups is 1. The number of nitrogens with two attached hydrogens (primary N) is 1. The Morgan fingerprint density at radius 1 is 1.26 bits per heavy atom. The van der Waals surface area contributed by atoms with Crippen LogP contribution in [0.5, 0.6) is 0 Å². The summed E-state index contributed by atoms with van der Waals surface area (Å²) in [5.41, 5.74) is 5.33. The van der Waals surface area contributed by atoms with Gasteiger partial charge in [0.2, 0.25) is 5.91 Å². The lowest BCUT2D eigenvalue weighted by Crippen LogP contribution is -2.44. The van der Waals surface area contributed by atoms with E-state index in [1.54, 1.807) is 6.08 Å². The Morgan fingerprint density at radius 3 is 2.49 bits per heavy atom. The van der Waals surface area contributed by atoms with Crippen molar-refractivity contribution in [2.24, 2.45) is 5.73 Å². The van der Waals surface area contributed by atoms with E-state index in [0.717, 1.165) is 0 Å². The van der Waals surface area contributed by atoms with Gasteiger partial charge in [-0.1, -0.05) is 12.2 Å². The van der Waals surface area contributed by atoms with Crippen molar-refractivity contribution in [1.82, 2.24) is 4.90 Å². The summed E-state index contributed by atoms with van der Waals surface area (Å²) in [6.45, 7) is -1.56. The minimum Gasteiger partial charge on any atom is -0.387 e. The van der Waals surface area contributed by atoms with Gasteiger partial charge < -0.3 is 60.0 Å². The quantitative estimate of drug-likeness (QED) is 0.0809. The molecule has 19 heteroatoms. The third-order valence-electron chi connectivity index (χ3n) is 4.82. The Labute approximate surface area is 197 Å². The molecule has 1 amide bonds. The van der Waals surface area contributed by atoms with Gasteiger partial charge in [0.05, 0.1) is 18.8 Å². The first-order valence-corrected chi connectivity index (χ1v) is 12.8. The maximum absolute atomic E-state index is 11.6. The van der Waals surface area contributed by atoms with Gasteiger partial charge in [-0.3, -0.25) is 9.32 Å². The zero-order valence-corrected chi connectivity index (χ0v) is 19.6. The van der Waals surface area contributed by atoms with E-state index in [4.69, 9.17) is 25.0 Å². The second kappa shape index (κ2) is 12.1. The van der Waals surface area contributed by atoms with Gasteiger partial charge in [-0.2, -0.15) is 4.31 Å².